The standard InChI is InChI=1S/C20H29N5O/c1-5-25-18(8-9-22-25)17-13-21-12-16(23-17)11-15-7-6-10-24(14-15)19(26)20(2,3)4/h8-9,12-13,15H,5-7,10-11,14H2,1-4H3/t15-/m1/s1. The molecule has 26 heavy (non-hydrogen) atoms. The van der Waals surface area contributed by atoms with Crippen molar-refractivity contribution in [2.75, 3.05) is 13.1 Å². The van der Waals surface area contributed by atoms with Crippen LogP contribution in [0.5, 0.6) is 0 Å². The van der Waals surface area contributed by atoms with E-state index in [1.54, 1.807) is 12.4 Å². The molecule has 0 aliphatic carbocycles. The third kappa shape index (κ3) is 4.11. The summed E-state index contributed by atoms with van der Waals surface area (Å²) >= 11 is 0. The van der Waals surface area contributed by atoms with Gasteiger partial charge >= 0.3 is 0 Å². The van der Waals surface area contributed by atoms with Crippen LogP contribution in [0, 0.1) is 11.3 Å². The van der Waals surface area contributed by atoms with E-state index in [2.05, 4.69) is 17.0 Å². The fourth-order valence-corrected chi connectivity index (χ4v) is 3.62. The molecule has 1 saturated heterocycles. The lowest BCUT2D eigenvalue weighted by atomic mass is 9.89. The first-order chi connectivity index (χ1) is 12.4. The van der Waals surface area contributed by atoms with Gasteiger partial charge in [0.2, 0.25) is 5.91 Å². The van der Waals surface area contributed by atoms with Crippen molar-refractivity contribution >= 4 is 5.91 Å². The van der Waals surface area contributed by atoms with Gasteiger partial charge in [-0.05, 0) is 38.2 Å². The summed E-state index contributed by atoms with van der Waals surface area (Å²) in [7, 11) is 0. The van der Waals surface area contributed by atoms with Crippen LogP contribution in [0.2, 0.25) is 0 Å². The number of aromatic nitrogens is 4. The molecule has 1 amide bonds. The van der Waals surface area contributed by atoms with Gasteiger partial charge in [-0.25, -0.2) is 4.98 Å². The number of piperidine rings is 1. The molecule has 1 atom stereocenters. The summed E-state index contributed by atoms with van der Waals surface area (Å²) < 4.78 is 1.93. The summed E-state index contributed by atoms with van der Waals surface area (Å²) in [5, 5.41) is 4.31. The van der Waals surface area contributed by atoms with Crippen LogP contribution >= 0.6 is 0 Å². The molecule has 6 nitrogen and oxygen atoms in total. The summed E-state index contributed by atoms with van der Waals surface area (Å²) in [6, 6.07) is 1.97. The molecule has 2 aromatic heterocycles. The van der Waals surface area contributed by atoms with E-state index >= 15 is 0 Å². The number of aryl methyl sites for hydroxylation is 1. The van der Waals surface area contributed by atoms with E-state index < -0.39 is 0 Å². The molecular weight excluding hydrogens is 326 g/mol. The van der Waals surface area contributed by atoms with Crippen molar-refractivity contribution in [3.8, 4) is 11.4 Å². The van der Waals surface area contributed by atoms with Gasteiger partial charge in [0.15, 0.2) is 0 Å². The maximum atomic E-state index is 12.6. The van der Waals surface area contributed by atoms with E-state index in [-0.39, 0.29) is 11.3 Å². The predicted molar refractivity (Wildman–Crippen MR) is 101 cm³/mol. The molecule has 1 aliphatic rings. The topological polar surface area (TPSA) is 63.9 Å². The third-order valence-corrected chi connectivity index (χ3v) is 4.91. The smallest absolute Gasteiger partial charge is 0.227 e. The Labute approximate surface area is 155 Å². The molecule has 6 heteroatoms. The van der Waals surface area contributed by atoms with E-state index in [1.807, 2.05) is 42.6 Å². The second-order valence-corrected chi connectivity index (χ2v) is 8.14. The molecule has 3 heterocycles. The molecular formula is C20H29N5O. The highest BCUT2D eigenvalue weighted by molar-refractivity contribution is 5.81. The summed E-state index contributed by atoms with van der Waals surface area (Å²) in [6.45, 7) is 10.5. The van der Waals surface area contributed by atoms with Gasteiger partial charge in [0.05, 0.1) is 17.6 Å². The van der Waals surface area contributed by atoms with Crippen LogP contribution in [0.25, 0.3) is 11.4 Å². The molecule has 3 rings (SSSR count). The average molecular weight is 355 g/mol. The van der Waals surface area contributed by atoms with Crippen molar-refractivity contribution in [1.29, 1.82) is 0 Å². The summed E-state index contributed by atoms with van der Waals surface area (Å²) in [4.78, 5) is 23.8. The highest BCUT2D eigenvalue weighted by atomic mass is 16.2. The van der Waals surface area contributed by atoms with Crippen LogP contribution in [0.3, 0.4) is 0 Å². The van der Waals surface area contributed by atoms with Gasteiger partial charge in [-0.2, -0.15) is 5.10 Å². The second-order valence-electron chi connectivity index (χ2n) is 8.14. The van der Waals surface area contributed by atoms with Crippen molar-refractivity contribution in [2.24, 2.45) is 11.3 Å². The van der Waals surface area contributed by atoms with Crippen molar-refractivity contribution in [2.45, 2.75) is 53.5 Å². The van der Waals surface area contributed by atoms with Crippen LogP contribution in [0.15, 0.2) is 24.7 Å². The van der Waals surface area contributed by atoms with Crippen LogP contribution in [0.4, 0.5) is 0 Å². The molecule has 0 N–H and O–H groups in total. The number of hydrogen-bond donors (Lipinski definition) is 0. The van der Waals surface area contributed by atoms with Crippen LogP contribution in [-0.4, -0.2) is 43.6 Å². The van der Waals surface area contributed by atoms with Gasteiger partial charge in [0.25, 0.3) is 0 Å². The Kier molecular flexibility index (Phi) is 5.39. The van der Waals surface area contributed by atoms with Crippen molar-refractivity contribution < 1.29 is 4.79 Å². The monoisotopic (exact) mass is 355 g/mol. The highest BCUT2D eigenvalue weighted by Crippen LogP contribution is 2.25. The van der Waals surface area contributed by atoms with Crippen LogP contribution < -0.4 is 0 Å². The molecule has 0 aromatic carbocycles. The lowest BCUT2D eigenvalue weighted by Crippen LogP contribution is -2.45. The molecule has 0 unspecified atom stereocenters. The highest BCUT2D eigenvalue weighted by Gasteiger charge is 2.31. The number of carbonyl (C=O) groups is 1. The molecule has 0 radical (unpaired) electrons. The molecule has 0 saturated carbocycles. The molecule has 2 aromatic rings. The Morgan fingerprint density at radius 3 is 2.85 bits per heavy atom. The SMILES string of the molecule is CCn1nccc1-c1cncc(C[C@H]2CCCN(C(=O)C(C)(C)C)C2)n1. The van der Waals surface area contributed by atoms with Gasteiger partial charge in [0, 0.05) is 37.4 Å². The van der Waals surface area contributed by atoms with E-state index in [0.29, 0.717) is 5.92 Å². The van der Waals surface area contributed by atoms with Gasteiger partial charge in [-0.1, -0.05) is 20.8 Å². The minimum absolute atomic E-state index is 0.244. The number of carbonyl (C=O) groups excluding carboxylic acids is 1. The molecule has 140 valence electrons. The van der Waals surface area contributed by atoms with E-state index in [1.165, 1.54) is 0 Å². The normalized spacial score (nSPS) is 18.2. The maximum Gasteiger partial charge on any atom is 0.227 e. The molecule has 1 fully saturated rings. The zero-order valence-corrected chi connectivity index (χ0v) is 16.3. The Morgan fingerprint density at radius 2 is 2.12 bits per heavy atom. The Bertz CT molecular complexity index is 762. The Hall–Kier alpha value is -2.24. The third-order valence-electron chi connectivity index (χ3n) is 4.91. The van der Waals surface area contributed by atoms with Crippen molar-refractivity contribution in [3.63, 3.8) is 0 Å². The lowest BCUT2D eigenvalue weighted by Gasteiger charge is -2.36. The first-order valence-electron chi connectivity index (χ1n) is 9.51. The lowest BCUT2D eigenvalue weighted by molar-refractivity contribution is -0.141. The summed E-state index contributed by atoms with van der Waals surface area (Å²) in [6.07, 6.45) is 8.48. The van der Waals surface area contributed by atoms with Crippen molar-refractivity contribution in [1.82, 2.24) is 24.6 Å². The van der Waals surface area contributed by atoms with E-state index in [4.69, 9.17) is 4.98 Å². The fraction of sp³-hybridized carbons (Fsp3) is 0.600. The average Bonchev–Trinajstić information content (AvgIpc) is 3.09. The number of hydrogen-bond acceptors (Lipinski definition) is 4. The minimum atomic E-state index is -0.319. The van der Waals surface area contributed by atoms with Gasteiger partial charge in [-0.15, -0.1) is 0 Å². The fourth-order valence-electron chi connectivity index (χ4n) is 3.62. The second kappa shape index (κ2) is 7.56. The van der Waals surface area contributed by atoms with E-state index in [9.17, 15) is 4.79 Å². The Morgan fingerprint density at radius 1 is 1.31 bits per heavy atom. The van der Waals surface area contributed by atoms with Gasteiger partial charge < -0.3 is 4.90 Å². The molecule has 0 bridgehead atoms. The molecule has 0 spiro atoms. The number of rotatable bonds is 4. The summed E-state index contributed by atoms with van der Waals surface area (Å²) in [5.74, 6) is 0.685. The van der Waals surface area contributed by atoms with Crippen molar-refractivity contribution in [3.05, 3.63) is 30.4 Å². The first kappa shape index (κ1) is 18.5. The Balaban J connectivity index is 1.71. The van der Waals surface area contributed by atoms with E-state index in [0.717, 1.165) is 56.0 Å². The number of nitrogens with zero attached hydrogens (tertiary/aromatic N) is 5. The zero-order valence-electron chi connectivity index (χ0n) is 16.3. The quantitative estimate of drug-likeness (QED) is 0.845. The first-order valence-corrected chi connectivity index (χ1v) is 9.51. The van der Waals surface area contributed by atoms with Crippen LogP contribution in [-0.2, 0) is 17.8 Å². The largest absolute Gasteiger partial charge is 0.342 e. The van der Waals surface area contributed by atoms with Crippen LogP contribution in [0.1, 0.15) is 46.2 Å². The minimum Gasteiger partial charge on any atom is -0.342 e. The maximum absolute atomic E-state index is 12.6. The zero-order chi connectivity index (χ0) is 18.7. The molecule has 1 aliphatic heterocycles. The number of amides is 1. The van der Waals surface area contributed by atoms with Gasteiger partial charge in [-0.3, -0.25) is 14.5 Å². The predicted octanol–water partition coefficient (Wildman–Crippen LogP) is 3.19. The summed E-state index contributed by atoms with van der Waals surface area (Å²) in [5.41, 5.74) is 2.52. The van der Waals surface area contributed by atoms with Gasteiger partial charge in [0.1, 0.15) is 5.69 Å². The number of likely N-dealkylation sites (tertiary alicyclic amines) is 1.